The maximum Gasteiger partial charge on any atom is 0.264 e. The summed E-state index contributed by atoms with van der Waals surface area (Å²) in [5.41, 5.74) is 2.60. The second-order valence-corrected chi connectivity index (χ2v) is 14.1. The van der Waals surface area contributed by atoms with Gasteiger partial charge >= 0.3 is 0 Å². The van der Waals surface area contributed by atoms with Crippen molar-refractivity contribution in [3.63, 3.8) is 0 Å². The van der Waals surface area contributed by atoms with Crippen molar-refractivity contribution in [3.05, 3.63) is 124 Å². The number of sulfonamides is 1. The minimum atomic E-state index is -4.25. The largest absolute Gasteiger partial charge is 0.494 e. The molecular weight excluding hydrogens is 657 g/mol. The summed E-state index contributed by atoms with van der Waals surface area (Å²) in [5, 5.41) is 3.67. The number of halogens is 2. The van der Waals surface area contributed by atoms with Crippen LogP contribution in [0.3, 0.4) is 0 Å². The van der Waals surface area contributed by atoms with Crippen molar-refractivity contribution in [1.82, 2.24) is 10.2 Å². The molecule has 1 atom stereocenters. The quantitative estimate of drug-likeness (QED) is 0.152. The minimum Gasteiger partial charge on any atom is -0.494 e. The summed E-state index contributed by atoms with van der Waals surface area (Å²) >= 11 is 12.7. The molecule has 11 heteroatoms. The van der Waals surface area contributed by atoms with Gasteiger partial charge in [0.25, 0.3) is 10.0 Å². The molecule has 4 aromatic carbocycles. The molecule has 2 amide bonds. The molecule has 0 unspecified atom stereocenters. The summed E-state index contributed by atoms with van der Waals surface area (Å²) < 4.78 is 35.0. The summed E-state index contributed by atoms with van der Waals surface area (Å²) in [4.78, 5) is 29.8. The topological polar surface area (TPSA) is 96.0 Å². The van der Waals surface area contributed by atoms with E-state index in [4.69, 9.17) is 27.9 Å². The van der Waals surface area contributed by atoms with E-state index in [9.17, 15) is 18.0 Å². The second kappa shape index (κ2) is 16.2. The highest BCUT2D eigenvalue weighted by Gasteiger charge is 2.35. The number of nitrogens with zero attached hydrogens (tertiary/aromatic N) is 2. The van der Waals surface area contributed by atoms with Gasteiger partial charge in [0.2, 0.25) is 11.8 Å². The van der Waals surface area contributed by atoms with Crippen molar-refractivity contribution in [2.24, 2.45) is 0 Å². The average Bonchev–Trinajstić information content (AvgIpc) is 3.03. The molecule has 0 spiro atoms. The number of benzene rings is 4. The van der Waals surface area contributed by atoms with Crippen LogP contribution in [0.4, 0.5) is 5.69 Å². The lowest BCUT2D eigenvalue weighted by molar-refractivity contribution is -0.140. The molecular formula is C36H39Cl2N3O5S. The maximum atomic E-state index is 14.6. The van der Waals surface area contributed by atoms with Gasteiger partial charge in [-0.05, 0) is 87.4 Å². The van der Waals surface area contributed by atoms with Crippen LogP contribution in [0.2, 0.25) is 10.0 Å². The van der Waals surface area contributed by atoms with Gasteiger partial charge in [0.05, 0.1) is 17.2 Å². The average molecular weight is 697 g/mol. The highest BCUT2D eigenvalue weighted by atomic mass is 35.5. The monoisotopic (exact) mass is 695 g/mol. The first-order chi connectivity index (χ1) is 22.4. The van der Waals surface area contributed by atoms with Crippen LogP contribution in [0.5, 0.6) is 5.75 Å². The third kappa shape index (κ3) is 9.50. The first-order valence-electron chi connectivity index (χ1n) is 15.3. The van der Waals surface area contributed by atoms with Gasteiger partial charge in [-0.15, -0.1) is 0 Å². The Kier molecular flexibility index (Phi) is 12.3. The van der Waals surface area contributed by atoms with Crippen molar-refractivity contribution >= 4 is 50.7 Å². The molecule has 0 saturated carbocycles. The van der Waals surface area contributed by atoms with Gasteiger partial charge < -0.3 is 15.0 Å². The van der Waals surface area contributed by atoms with Gasteiger partial charge in [-0.25, -0.2) is 8.42 Å². The van der Waals surface area contributed by atoms with Gasteiger partial charge in [-0.2, -0.15) is 0 Å². The van der Waals surface area contributed by atoms with Crippen LogP contribution in [0.25, 0.3) is 0 Å². The van der Waals surface area contributed by atoms with Gasteiger partial charge in [-0.3, -0.25) is 13.9 Å². The zero-order valence-corrected chi connectivity index (χ0v) is 29.1. The van der Waals surface area contributed by atoms with Crippen molar-refractivity contribution in [1.29, 1.82) is 0 Å². The van der Waals surface area contributed by atoms with E-state index in [2.05, 4.69) is 5.32 Å². The zero-order valence-electron chi connectivity index (χ0n) is 26.8. The number of nitrogens with one attached hydrogen (secondary N) is 1. The third-order valence-corrected chi connectivity index (χ3v) is 9.76. The number of aryl methyl sites for hydroxylation is 1. The van der Waals surface area contributed by atoms with Crippen LogP contribution in [0.1, 0.15) is 37.5 Å². The molecule has 47 heavy (non-hydrogen) atoms. The van der Waals surface area contributed by atoms with Crippen LogP contribution < -0.4 is 14.4 Å². The van der Waals surface area contributed by atoms with Crippen LogP contribution in [0.15, 0.2) is 102 Å². The van der Waals surface area contributed by atoms with Crippen molar-refractivity contribution < 1.29 is 22.7 Å². The summed E-state index contributed by atoms with van der Waals surface area (Å²) in [5.74, 6) is -0.445. The predicted octanol–water partition coefficient (Wildman–Crippen LogP) is 7.06. The van der Waals surface area contributed by atoms with E-state index in [1.54, 1.807) is 54.6 Å². The van der Waals surface area contributed by atoms with Crippen LogP contribution in [-0.4, -0.2) is 50.4 Å². The van der Waals surface area contributed by atoms with Crippen molar-refractivity contribution in [2.45, 2.75) is 57.6 Å². The molecule has 0 heterocycles. The van der Waals surface area contributed by atoms with Crippen LogP contribution in [0, 0.1) is 6.92 Å². The highest BCUT2D eigenvalue weighted by Crippen LogP contribution is 2.28. The SMILES string of the molecule is CCOc1ccc(S(=O)(=O)N(CC(=O)N(Cc2ccc(Cl)cc2Cl)[C@H](Cc2ccccc2)C(=O)NC(C)C)c2ccc(C)cc2)cc1. The Bertz CT molecular complexity index is 1770. The van der Waals surface area contributed by atoms with Crippen molar-refractivity contribution in [3.8, 4) is 5.75 Å². The standard InChI is InChI=1S/C36H39Cl2N3O5S/c1-5-46-31-17-19-32(20-18-31)47(44,45)41(30-15-11-26(4)12-16-30)24-35(42)40(23-28-13-14-29(37)22-33(28)38)34(36(43)39-25(2)3)21-27-9-7-6-8-10-27/h6-20,22,25,34H,5,21,23-24H2,1-4H3,(H,39,43)/t34-/m1/s1. The van der Waals surface area contributed by atoms with Crippen LogP contribution in [-0.2, 0) is 32.6 Å². The number of rotatable bonds is 14. The molecule has 0 aliphatic carbocycles. The summed E-state index contributed by atoms with van der Waals surface area (Å²) in [6.07, 6.45) is 0.187. The number of hydrogen-bond acceptors (Lipinski definition) is 5. The predicted molar refractivity (Wildman–Crippen MR) is 188 cm³/mol. The summed E-state index contributed by atoms with van der Waals surface area (Å²) in [6.45, 7) is 7.18. The van der Waals surface area contributed by atoms with Gasteiger partial charge in [-0.1, -0.05) is 77.3 Å². The Morgan fingerprint density at radius 1 is 0.894 bits per heavy atom. The molecule has 0 aliphatic heterocycles. The van der Waals surface area contributed by atoms with E-state index in [-0.39, 0.29) is 29.8 Å². The Hall–Kier alpha value is -4.05. The molecule has 0 fully saturated rings. The molecule has 0 radical (unpaired) electrons. The van der Waals surface area contributed by atoms with E-state index < -0.39 is 28.5 Å². The lowest BCUT2D eigenvalue weighted by Gasteiger charge is -2.34. The van der Waals surface area contributed by atoms with E-state index in [0.29, 0.717) is 33.7 Å². The molecule has 0 aliphatic rings. The first kappa shape index (κ1) is 35.8. The van der Waals surface area contributed by atoms with E-state index >= 15 is 0 Å². The van der Waals surface area contributed by atoms with E-state index in [1.165, 1.54) is 17.0 Å². The smallest absolute Gasteiger partial charge is 0.264 e. The van der Waals surface area contributed by atoms with Gasteiger partial charge in [0.15, 0.2) is 0 Å². The number of hydrogen-bond donors (Lipinski definition) is 1. The lowest BCUT2D eigenvalue weighted by atomic mass is 10.0. The molecule has 4 aromatic rings. The zero-order chi connectivity index (χ0) is 34.1. The van der Waals surface area contributed by atoms with Gasteiger partial charge in [0, 0.05) is 29.1 Å². The Morgan fingerprint density at radius 2 is 1.55 bits per heavy atom. The molecule has 0 saturated heterocycles. The number of carbonyl (C=O) groups is 2. The Balaban J connectivity index is 1.81. The van der Waals surface area contributed by atoms with Crippen molar-refractivity contribution in [2.75, 3.05) is 17.5 Å². The fourth-order valence-electron chi connectivity index (χ4n) is 5.01. The molecule has 0 bridgehead atoms. The normalized spacial score (nSPS) is 12.0. The highest BCUT2D eigenvalue weighted by molar-refractivity contribution is 7.92. The molecule has 1 N–H and O–H groups in total. The van der Waals surface area contributed by atoms with E-state index in [1.807, 2.05) is 58.0 Å². The molecule has 248 valence electrons. The maximum absolute atomic E-state index is 14.6. The first-order valence-corrected chi connectivity index (χ1v) is 17.5. The Labute approximate surface area is 287 Å². The van der Waals surface area contributed by atoms with Crippen LogP contribution >= 0.6 is 23.2 Å². The second-order valence-electron chi connectivity index (χ2n) is 11.4. The third-order valence-electron chi connectivity index (χ3n) is 7.38. The number of anilines is 1. The fraction of sp³-hybridized carbons (Fsp3) is 0.278. The lowest BCUT2D eigenvalue weighted by Crippen LogP contribution is -2.54. The molecule has 4 rings (SSSR count). The van der Waals surface area contributed by atoms with Gasteiger partial charge in [0.1, 0.15) is 18.3 Å². The molecule has 0 aromatic heterocycles. The number of carbonyl (C=O) groups excluding carboxylic acids is 2. The summed E-state index contributed by atoms with van der Waals surface area (Å²) in [7, 11) is -4.25. The van der Waals surface area contributed by atoms with E-state index in [0.717, 1.165) is 15.4 Å². The molecule has 8 nitrogen and oxygen atoms in total. The number of amides is 2. The Morgan fingerprint density at radius 3 is 2.15 bits per heavy atom. The minimum absolute atomic E-state index is 0.0139. The fourth-order valence-corrected chi connectivity index (χ4v) is 6.89. The number of ether oxygens (including phenoxy) is 1. The summed E-state index contributed by atoms with van der Waals surface area (Å²) in [6, 6.07) is 26.0.